The zero-order valence-corrected chi connectivity index (χ0v) is 13.4. The lowest BCUT2D eigenvalue weighted by molar-refractivity contribution is -0.124. The number of hydrogen-bond donors (Lipinski definition) is 1. The molecule has 3 nitrogen and oxygen atoms in total. The number of rotatable bonds is 4. The maximum atomic E-state index is 11.8. The predicted octanol–water partition coefficient (Wildman–Crippen LogP) is 3.36. The van der Waals surface area contributed by atoms with Gasteiger partial charge in [0.15, 0.2) is 6.61 Å². The SMILES string of the molecule is CC1CCC(NC(=O)COc2ccc(I)cc2)CC1. The van der Waals surface area contributed by atoms with Crippen LogP contribution in [0.15, 0.2) is 24.3 Å². The second-order valence-corrected chi connectivity index (χ2v) is 6.51. The third-order valence-corrected chi connectivity index (χ3v) is 4.28. The Labute approximate surface area is 128 Å². The number of hydrogen-bond acceptors (Lipinski definition) is 2. The monoisotopic (exact) mass is 373 g/mol. The fourth-order valence-electron chi connectivity index (χ4n) is 2.35. The van der Waals surface area contributed by atoms with Crippen molar-refractivity contribution in [1.29, 1.82) is 0 Å². The summed E-state index contributed by atoms with van der Waals surface area (Å²) < 4.78 is 6.63. The zero-order valence-electron chi connectivity index (χ0n) is 11.2. The van der Waals surface area contributed by atoms with Crippen molar-refractivity contribution in [2.45, 2.75) is 38.6 Å². The second kappa shape index (κ2) is 7.12. The quantitative estimate of drug-likeness (QED) is 0.822. The molecular formula is C15H20INO2. The van der Waals surface area contributed by atoms with Gasteiger partial charge in [0.2, 0.25) is 0 Å². The molecule has 0 saturated heterocycles. The molecule has 0 aliphatic heterocycles. The van der Waals surface area contributed by atoms with E-state index in [1.165, 1.54) is 12.8 Å². The van der Waals surface area contributed by atoms with Gasteiger partial charge in [-0.3, -0.25) is 4.79 Å². The van der Waals surface area contributed by atoms with E-state index in [-0.39, 0.29) is 12.5 Å². The lowest BCUT2D eigenvalue weighted by atomic mass is 9.87. The summed E-state index contributed by atoms with van der Waals surface area (Å²) in [6, 6.07) is 8.05. The molecule has 0 radical (unpaired) electrons. The molecule has 2 rings (SSSR count). The van der Waals surface area contributed by atoms with Crippen molar-refractivity contribution in [1.82, 2.24) is 5.32 Å². The van der Waals surface area contributed by atoms with Crippen molar-refractivity contribution < 1.29 is 9.53 Å². The minimum absolute atomic E-state index is 0.0156. The van der Waals surface area contributed by atoms with E-state index in [1.54, 1.807) is 0 Å². The molecule has 1 aliphatic carbocycles. The van der Waals surface area contributed by atoms with Gasteiger partial charge in [0.1, 0.15) is 5.75 Å². The number of nitrogens with one attached hydrogen (secondary N) is 1. The molecule has 0 unspecified atom stereocenters. The van der Waals surface area contributed by atoms with Crippen LogP contribution >= 0.6 is 22.6 Å². The molecule has 0 atom stereocenters. The number of halogens is 1. The second-order valence-electron chi connectivity index (χ2n) is 5.27. The first-order valence-electron chi connectivity index (χ1n) is 6.81. The van der Waals surface area contributed by atoms with Crippen LogP contribution in [0.5, 0.6) is 5.75 Å². The molecular weight excluding hydrogens is 353 g/mol. The average molecular weight is 373 g/mol. The minimum Gasteiger partial charge on any atom is -0.484 e. The van der Waals surface area contributed by atoms with Crippen LogP contribution in [0.3, 0.4) is 0 Å². The van der Waals surface area contributed by atoms with Crippen molar-refractivity contribution in [2.75, 3.05) is 6.61 Å². The highest BCUT2D eigenvalue weighted by atomic mass is 127. The van der Waals surface area contributed by atoms with Gasteiger partial charge in [-0.05, 0) is 78.5 Å². The van der Waals surface area contributed by atoms with Gasteiger partial charge in [-0.25, -0.2) is 0 Å². The number of amides is 1. The molecule has 1 saturated carbocycles. The van der Waals surface area contributed by atoms with Crippen LogP contribution in [0.1, 0.15) is 32.6 Å². The van der Waals surface area contributed by atoms with Crippen LogP contribution in [0.2, 0.25) is 0 Å². The maximum Gasteiger partial charge on any atom is 0.258 e. The van der Waals surface area contributed by atoms with E-state index in [0.717, 1.165) is 28.1 Å². The molecule has 0 aromatic heterocycles. The predicted molar refractivity (Wildman–Crippen MR) is 84.2 cm³/mol. The molecule has 19 heavy (non-hydrogen) atoms. The summed E-state index contributed by atoms with van der Waals surface area (Å²) in [5, 5.41) is 3.06. The summed E-state index contributed by atoms with van der Waals surface area (Å²) in [5.41, 5.74) is 0. The van der Waals surface area contributed by atoms with E-state index in [2.05, 4.69) is 34.8 Å². The topological polar surface area (TPSA) is 38.3 Å². The molecule has 1 amide bonds. The van der Waals surface area contributed by atoms with Crippen molar-refractivity contribution in [3.05, 3.63) is 27.8 Å². The van der Waals surface area contributed by atoms with E-state index >= 15 is 0 Å². The highest BCUT2D eigenvalue weighted by molar-refractivity contribution is 14.1. The summed E-state index contributed by atoms with van der Waals surface area (Å²) in [6.07, 6.45) is 4.61. The van der Waals surface area contributed by atoms with Crippen LogP contribution in [0, 0.1) is 9.49 Å². The number of carbonyl (C=O) groups is 1. The summed E-state index contributed by atoms with van der Waals surface area (Å²) >= 11 is 2.24. The van der Waals surface area contributed by atoms with Crippen LogP contribution in [-0.4, -0.2) is 18.6 Å². The van der Waals surface area contributed by atoms with Crippen LogP contribution in [0.25, 0.3) is 0 Å². The smallest absolute Gasteiger partial charge is 0.258 e. The molecule has 1 aromatic rings. The van der Waals surface area contributed by atoms with Crippen LogP contribution in [-0.2, 0) is 4.79 Å². The molecule has 104 valence electrons. The molecule has 0 bridgehead atoms. The number of benzene rings is 1. The highest BCUT2D eigenvalue weighted by Crippen LogP contribution is 2.23. The summed E-state index contributed by atoms with van der Waals surface area (Å²) in [5.74, 6) is 1.53. The van der Waals surface area contributed by atoms with Crippen molar-refractivity contribution >= 4 is 28.5 Å². The molecule has 4 heteroatoms. The van der Waals surface area contributed by atoms with E-state index < -0.39 is 0 Å². The Morgan fingerprint density at radius 3 is 2.53 bits per heavy atom. The normalized spacial score (nSPS) is 22.8. The van der Waals surface area contributed by atoms with Gasteiger partial charge in [-0.1, -0.05) is 6.92 Å². The van der Waals surface area contributed by atoms with Gasteiger partial charge in [-0.2, -0.15) is 0 Å². The first kappa shape index (κ1) is 14.6. The third kappa shape index (κ3) is 5.01. The Morgan fingerprint density at radius 1 is 1.26 bits per heavy atom. The van der Waals surface area contributed by atoms with Crippen molar-refractivity contribution in [3.63, 3.8) is 0 Å². The van der Waals surface area contributed by atoms with E-state index in [9.17, 15) is 4.79 Å². The fourth-order valence-corrected chi connectivity index (χ4v) is 2.71. The lowest BCUT2D eigenvalue weighted by Crippen LogP contribution is -2.39. The minimum atomic E-state index is -0.0156. The Balaban J connectivity index is 1.71. The number of ether oxygens (including phenoxy) is 1. The Kier molecular flexibility index (Phi) is 5.48. The van der Waals surface area contributed by atoms with E-state index in [1.807, 2.05) is 24.3 Å². The molecule has 0 heterocycles. The first-order valence-corrected chi connectivity index (χ1v) is 7.89. The van der Waals surface area contributed by atoms with E-state index in [4.69, 9.17) is 4.74 Å². The van der Waals surface area contributed by atoms with Crippen LogP contribution < -0.4 is 10.1 Å². The fraction of sp³-hybridized carbons (Fsp3) is 0.533. The van der Waals surface area contributed by atoms with Gasteiger partial charge in [-0.15, -0.1) is 0 Å². The van der Waals surface area contributed by atoms with Gasteiger partial charge < -0.3 is 10.1 Å². The molecule has 1 aromatic carbocycles. The average Bonchev–Trinajstić information content (AvgIpc) is 2.41. The standard InChI is InChI=1S/C15H20INO2/c1-11-2-6-13(7-3-11)17-15(18)10-19-14-8-4-12(16)5-9-14/h4-5,8-9,11,13H,2-3,6-7,10H2,1H3,(H,17,18). The lowest BCUT2D eigenvalue weighted by Gasteiger charge is -2.26. The van der Waals surface area contributed by atoms with Gasteiger partial charge in [0.05, 0.1) is 0 Å². The first-order chi connectivity index (χ1) is 9.13. The molecule has 1 fully saturated rings. The summed E-state index contributed by atoms with van der Waals surface area (Å²) in [4.78, 5) is 11.8. The zero-order chi connectivity index (χ0) is 13.7. The molecule has 1 aliphatic rings. The maximum absolute atomic E-state index is 11.8. The third-order valence-electron chi connectivity index (χ3n) is 3.56. The van der Waals surface area contributed by atoms with Crippen LogP contribution in [0.4, 0.5) is 0 Å². The summed E-state index contributed by atoms with van der Waals surface area (Å²) in [6.45, 7) is 2.38. The van der Waals surface area contributed by atoms with Crippen molar-refractivity contribution in [3.8, 4) is 5.75 Å². The van der Waals surface area contributed by atoms with E-state index in [0.29, 0.717) is 6.04 Å². The van der Waals surface area contributed by atoms with Gasteiger partial charge in [0, 0.05) is 9.61 Å². The largest absolute Gasteiger partial charge is 0.484 e. The number of carbonyl (C=O) groups excluding carboxylic acids is 1. The van der Waals surface area contributed by atoms with Gasteiger partial charge >= 0.3 is 0 Å². The summed E-state index contributed by atoms with van der Waals surface area (Å²) in [7, 11) is 0. The Morgan fingerprint density at radius 2 is 1.89 bits per heavy atom. The highest BCUT2D eigenvalue weighted by Gasteiger charge is 2.19. The Hall–Kier alpha value is -0.780. The van der Waals surface area contributed by atoms with Crippen molar-refractivity contribution in [2.24, 2.45) is 5.92 Å². The Bertz CT molecular complexity index is 411. The van der Waals surface area contributed by atoms with Gasteiger partial charge in [0.25, 0.3) is 5.91 Å². The molecule has 1 N–H and O–H groups in total. The molecule has 0 spiro atoms.